The Labute approximate surface area is 920 Å². The van der Waals surface area contributed by atoms with Gasteiger partial charge >= 0.3 is 0 Å². The van der Waals surface area contributed by atoms with E-state index in [1.807, 2.05) is 7.05 Å². The maximum absolute atomic E-state index is 3.12. The van der Waals surface area contributed by atoms with E-state index in [-0.39, 0.29) is 0 Å². The first-order valence-corrected chi connectivity index (χ1v) is 58.7. The van der Waals surface area contributed by atoms with E-state index < -0.39 is 0 Å². The van der Waals surface area contributed by atoms with E-state index in [1.54, 1.807) is 50.2 Å². The molecule has 1 heteroatoms. The topological polar surface area (TPSA) is 12.0 Å². The lowest BCUT2D eigenvalue weighted by Crippen LogP contribution is -2.19. The van der Waals surface area contributed by atoms with Crippen LogP contribution in [0.25, 0.3) is 0 Å². The van der Waals surface area contributed by atoms with Crippen LogP contribution in [0.15, 0.2) is 388 Å². The van der Waals surface area contributed by atoms with E-state index in [4.69, 9.17) is 0 Å². The molecule has 0 heterocycles. The zero-order valence-electron chi connectivity index (χ0n) is 104. The fourth-order valence-corrected chi connectivity index (χ4v) is 21.5. The highest BCUT2D eigenvalue weighted by molar-refractivity contribution is 5.45. The van der Waals surface area contributed by atoms with Crippen molar-refractivity contribution < 1.29 is 0 Å². The smallest absolute Gasteiger partial charge is 0.0137 e. The van der Waals surface area contributed by atoms with E-state index in [9.17, 15) is 0 Å². The van der Waals surface area contributed by atoms with Crippen LogP contribution in [0, 0.1) is 49.7 Å². The Bertz CT molecular complexity index is 4700. The number of likely N-dealkylation sites (N-methyl/N-ethyl adjacent to an activating group) is 1. The number of hydrogen-bond donors (Lipinski definition) is 1. The highest BCUT2D eigenvalue weighted by Crippen LogP contribution is 2.48. The highest BCUT2D eigenvalue weighted by atomic mass is 14.8. The standard InChI is InChI=1S/C21H33N.2C21H34.4C21H32/c1-17(9-7-10-18(2)14-16-22-6)12-13-20-19(3)11-8-15-21(20,4)5;6*1-7-10-17(2)11-8-12-18(3)14-15-20-19(4)13-9-16-21(20,5)6/h7,9-10,12-14,22H,8,11,15-16H2,1-6H3;2*8,11-12,14-15,17H,7,9-10,13,16H2,1-6H3;4*8,10-12,14-15H,7,9,13,16H2,1-6H3/b10-7+,13-12+,17-9+,18-14+;11-8+,15-14+,18-12+;11-8-,15-14+,18-12+;11-8+,15-14+,17-10+,18-12+;11-8+,15-14+,17-10+,18-12-;11-8+,15-14+,17-10-,18-12+;11-8-,15-14+,17-10+,18-12+. The Kier molecular flexibility index (Phi) is 68.3. The molecular formula is C147H229N. The van der Waals surface area contributed by atoms with E-state index in [2.05, 4.69) is 532 Å². The fraction of sp³-hybridized carbons (Fsp3) is 0.551. The number of allylic oxidation sites excluding steroid dienone is 65. The predicted octanol–water partition coefficient (Wildman–Crippen LogP) is 47.5. The van der Waals surface area contributed by atoms with Crippen LogP contribution in [0.2, 0.25) is 0 Å². The van der Waals surface area contributed by atoms with Gasteiger partial charge in [0.15, 0.2) is 0 Å². The Balaban J connectivity index is 0.000000863. The maximum atomic E-state index is 3.12. The minimum atomic E-state index is 0.321. The second-order valence-corrected chi connectivity index (χ2v) is 49.3. The monoisotopic (exact) mass is 2010 g/mol. The third-order valence-corrected chi connectivity index (χ3v) is 30.8. The van der Waals surface area contributed by atoms with Crippen molar-refractivity contribution in [3.8, 4) is 0 Å². The normalized spacial score (nSPS) is 21.0. The van der Waals surface area contributed by atoms with Gasteiger partial charge in [-0.05, 0) is 401 Å². The second-order valence-electron chi connectivity index (χ2n) is 49.3. The predicted molar refractivity (Wildman–Crippen MR) is 679 cm³/mol. The van der Waals surface area contributed by atoms with Crippen molar-refractivity contribution >= 4 is 0 Å². The molecule has 0 aromatic carbocycles. The molecule has 7 aliphatic carbocycles. The van der Waals surface area contributed by atoms with Crippen LogP contribution in [0.4, 0.5) is 0 Å². The van der Waals surface area contributed by atoms with Crippen LogP contribution in [-0.2, 0) is 0 Å². The average Bonchev–Trinajstić information content (AvgIpc) is 0.852. The molecule has 0 amide bonds. The summed E-state index contributed by atoms with van der Waals surface area (Å²) in [4.78, 5) is 0. The number of hydrogen-bond acceptors (Lipinski definition) is 1. The zero-order chi connectivity index (χ0) is 112. The molecule has 0 aliphatic heterocycles. The minimum absolute atomic E-state index is 0.321. The first-order chi connectivity index (χ1) is 69.5. The molecule has 7 rings (SSSR count). The third kappa shape index (κ3) is 58.3. The van der Waals surface area contributed by atoms with Crippen molar-refractivity contribution in [2.24, 2.45) is 49.7 Å². The Hall–Kier alpha value is -8.62. The molecule has 0 radical (unpaired) electrons. The summed E-state index contributed by atoms with van der Waals surface area (Å²) < 4.78 is 0. The van der Waals surface area contributed by atoms with Gasteiger partial charge in [-0.3, -0.25) is 0 Å². The molecule has 148 heavy (non-hydrogen) atoms. The van der Waals surface area contributed by atoms with Gasteiger partial charge in [-0.2, -0.15) is 0 Å². The van der Waals surface area contributed by atoms with Crippen LogP contribution >= 0.6 is 0 Å². The maximum Gasteiger partial charge on any atom is 0.0137 e. The molecular weight excluding hydrogens is 1780 g/mol. The largest absolute Gasteiger partial charge is 0.316 e. The second kappa shape index (κ2) is 73.6. The van der Waals surface area contributed by atoms with Crippen molar-refractivity contribution in [1.82, 2.24) is 5.32 Å². The molecule has 0 aromatic heterocycles. The molecule has 7 aliphatic rings. The van der Waals surface area contributed by atoms with Crippen LogP contribution < -0.4 is 5.32 Å². The SMILES string of the molecule is CC/C=C(C)/C=C/C=C(C)/C=C/C1=C(C)CCCC1(C)C.CC/C=C(C)/C=C/C=C(C)\C=C\C1=C(C)CCCC1(C)C.CC/C=C(C)/C=C\C=C(C)\C=C\C1=C(C)CCCC1(C)C.CCCC(C)/C=C/C=C(C)/C=C/C1=C(C)CCCC1(C)C.CCCC(C)\C=C/C=C(C)/C=C/C1=C(C)CCCC1(C)C.CC\C=C(C)/C=C/C=C(C)/C=C/C1=C(C)CCCC1(C)C.CNC/C=C(C)/C=C/C=C(C)/C=C/C1=C(C)CCCC1(C)C. The molecule has 0 aromatic rings. The fourth-order valence-electron chi connectivity index (χ4n) is 21.5. The van der Waals surface area contributed by atoms with E-state index in [1.165, 1.54) is 255 Å². The van der Waals surface area contributed by atoms with Crippen molar-refractivity contribution in [2.75, 3.05) is 13.6 Å². The van der Waals surface area contributed by atoms with E-state index in [0.717, 1.165) is 32.2 Å². The molecule has 822 valence electrons. The highest BCUT2D eigenvalue weighted by Gasteiger charge is 2.33. The zero-order valence-corrected chi connectivity index (χ0v) is 104. The summed E-state index contributed by atoms with van der Waals surface area (Å²) in [6, 6.07) is 0. The molecule has 0 bridgehead atoms. The van der Waals surface area contributed by atoms with Gasteiger partial charge in [0.05, 0.1) is 0 Å². The molecule has 0 saturated heterocycles. The molecule has 0 spiro atoms. The summed E-state index contributed by atoms with van der Waals surface area (Å²) in [6.07, 6.45) is 126. The summed E-state index contributed by atoms with van der Waals surface area (Å²) >= 11 is 0. The molecule has 2 unspecified atom stereocenters. The van der Waals surface area contributed by atoms with E-state index >= 15 is 0 Å². The third-order valence-electron chi connectivity index (χ3n) is 30.8. The van der Waals surface area contributed by atoms with Crippen molar-refractivity contribution in [2.45, 2.75) is 470 Å². The van der Waals surface area contributed by atoms with Gasteiger partial charge in [0.2, 0.25) is 0 Å². The quantitative estimate of drug-likeness (QED) is 0.0608. The van der Waals surface area contributed by atoms with Gasteiger partial charge in [-0.15, -0.1) is 0 Å². The summed E-state index contributed by atoms with van der Waals surface area (Å²) in [7, 11) is 1.96. The van der Waals surface area contributed by atoms with E-state index in [0.29, 0.717) is 49.7 Å². The lowest BCUT2D eigenvalue weighted by Gasteiger charge is -2.33. The first-order valence-electron chi connectivity index (χ1n) is 58.7. The lowest BCUT2D eigenvalue weighted by molar-refractivity contribution is 0.376. The average molecular weight is 2010 g/mol. The minimum Gasteiger partial charge on any atom is -0.316 e. The van der Waals surface area contributed by atoms with Gasteiger partial charge in [-0.1, -0.05) is 514 Å². The van der Waals surface area contributed by atoms with Crippen LogP contribution in [0.3, 0.4) is 0 Å². The van der Waals surface area contributed by atoms with Gasteiger partial charge in [-0.25, -0.2) is 0 Å². The van der Waals surface area contributed by atoms with Crippen molar-refractivity contribution in [1.29, 1.82) is 0 Å². The first kappa shape index (κ1) is 137. The Morgan fingerprint density at radius 2 is 0.385 bits per heavy atom. The van der Waals surface area contributed by atoms with Gasteiger partial charge in [0.1, 0.15) is 0 Å². The lowest BCUT2D eigenvalue weighted by atomic mass is 9.72. The summed E-state index contributed by atoms with van der Waals surface area (Å²) in [6.45, 7) is 93.9. The molecule has 1 nitrogen and oxygen atoms in total. The van der Waals surface area contributed by atoms with Gasteiger partial charge < -0.3 is 5.32 Å². The van der Waals surface area contributed by atoms with Crippen molar-refractivity contribution in [3.05, 3.63) is 388 Å². The van der Waals surface area contributed by atoms with Gasteiger partial charge in [0, 0.05) is 6.54 Å². The summed E-state index contributed by atoms with van der Waals surface area (Å²) in [5.41, 5.74) is 39.8. The van der Waals surface area contributed by atoms with Crippen LogP contribution in [0.5, 0.6) is 0 Å². The molecule has 0 fully saturated rings. The Morgan fingerprint density at radius 3 is 0.527 bits per heavy atom. The number of rotatable bonds is 38. The van der Waals surface area contributed by atoms with Crippen molar-refractivity contribution in [3.63, 3.8) is 0 Å². The Morgan fingerprint density at radius 1 is 0.230 bits per heavy atom. The van der Waals surface area contributed by atoms with Crippen LogP contribution in [0.1, 0.15) is 470 Å². The number of nitrogens with one attached hydrogen (secondary N) is 1. The summed E-state index contributed by atoms with van der Waals surface area (Å²) in [5, 5.41) is 3.12. The summed E-state index contributed by atoms with van der Waals surface area (Å²) in [5.74, 6) is 1.37. The molecule has 1 N–H and O–H groups in total. The molecule has 2 atom stereocenters. The molecule has 0 saturated carbocycles. The van der Waals surface area contributed by atoms with Crippen LogP contribution in [-0.4, -0.2) is 13.6 Å². The van der Waals surface area contributed by atoms with Gasteiger partial charge in [0.25, 0.3) is 0 Å².